The summed E-state index contributed by atoms with van der Waals surface area (Å²) in [5, 5.41) is 5.77. The Bertz CT molecular complexity index is 828. The number of amides is 2. The second kappa shape index (κ2) is 8.65. The molecule has 1 aliphatic carbocycles. The lowest BCUT2D eigenvalue weighted by atomic mass is 10.0. The molecule has 0 aromatic heterocycles. The second-order valence-electron chi connectivity index (χ2n) is 6.96. The molecule has 3 unspecified atom stereocenters. The molecule has 1 saturated carbocycles. The standard InChI is InChI=1S/C21H22BrFN2O2/c1-13-11-16(13)20(14-5-3-2-4-6-14)25-19(26)9-10-24-21(27)17-12-15(23)7-8-18(17)22/h2-8,12-13,16,20H,9-11H2,1H3,(H,24,27)(H,25,26). The van der Waals surface area contributed by atoms with E-state index in [1.807, 2.05) is 30.3 Å². The van der Waals surface area contributed by atoms with Crippen molar-refractivity contribution in [2.75, 3.05) is 6.54 Å². The van der Waals surface area contributed by atoms with E-state index in [0.29, 0.717) is 16.3 Å². The van der Waals surface area contributed by atoms with Gasteiger partial charge in [-0.15, -0.1) is 0 Å². The maximum absolute atomic E-state index is 13.3. The minimum absolute atomic E-state index is 0.00163. The van der Waals surface area contributed by atoms with E-state index in [1.54, 1.807) is 0 Å². The van der Waals surface area contributed by atoms with Crippen LogP contribution in [0.5, 0.6) is 0 Å². The minimum atomic E-state index is -0.481. The highest BCUT2D eigenvalue weighted by Crippen LogP contribution is 2.46. The molecule has 3 rings (SSSR count). The first-order valence-electron chi connectivity index (χ1n) is 9.03. The van der Waals surface area contributed by atoms with E-state index in [1.165, 1.54) is 18.2 Å². The molecule has 0 radical (unpaired) electrons. The lowest BCUT2D eigenvalue weighted by molar-refractivity contribution is -0.121. The summed E-state index contributed by atoms with van der Waals surface area (Å²) in [6.45, 7) is 2.37. The van der Waals surface area contributed by atoms with Gasteiger partial charge in [-0.2, -0.15) is 0 Å². The van der Waals surface area contributed by atoms with Crippen molar-refractivity contribution in [3.63, 3.8) is 0 Å². The Balaban J connectivity index is 1.53. The third-order valence-electron chi connectivity index (χ3n) is 4.89. The molecule has 27 heavy (non-hydrogen) atoms. The Morgan fingerprint density at radius 3 is 2.59 bits per heavy atom. The number of carbonyl (C=O) groups is 2. The predicted octanol–water partition coefficient (Wildman–Crippen LogP) is 4.22. The normalized spacial score (nSPS) is 19.2. The maximum atomic E-state index is 13.3. The van der Waals surface area contributed by atoms with Crippen LogP contribution in [0.2, 0.25) is 0 Å². The molecule has 1 aliphatic rings. The van der Waals surface area contributed by atoms with Crippen LogP contribution >= 0.6 is 15.9 Å². The van der Waals surface area contributed by atoms with Crippen LogP contribution in [0.3, 0.4) is 0 Å². The summed E-state index contributed by atoms with van der Waals surface area (Å²) in [6.07, 6.45) is 1.27. The van der Waals surface area contributed by atoms with Crippen molar-refractivity contribution in [3.8, 4) is 0 Å². The summed E-state index contributed by atoms with van der Waals surface area (Å²) in [4.78, 5) is 24.5. The fourth-order valence-electron chi connectivity index (χ4n) is 3.22. The zero-order valence-corrected chi connectivity index (χ0v) is 16.6. The summed E-state index contributed by atoms with van der Waals surface area (Å²) >= 11 is 3.23. The van der Waals surface area contributed by atoms with Crippen LogP contribution < -0.4 is 10.6 Å². The zero-order chi connectivity index (χ0) is 19.4. The highest BCUT2D eigenvalue weighted by atomic mass is 79.9. The third-order valence-corrected chi connectivity index (χ3v) is 5.58. The van der Waals surface area contributed by atoms with E-state index in [2.05, 4.69) is 33.5 Å². The van der Waals surface area contributed by atoms with Gasteiger partial charge in [0.15, 0.2) is 0 Å². The van der Waals surface area contributed by atoms with Gasteiger partial charge >= 0.3 is 0 Å². The van der Waals surface area contributed by atoms with Crippen LogP contribution in [0.25, 0.3) is 0 Å². The lowest BCUT2D eigenvalue weighted by Crippen LogP contribution is -2.34. The van der Waals surface area contributed by atoms with Gasteiger partial charge in [-0.1, -0.05) is 37.3 Å². The summed E-state index contributed by atoms with van der Waals surface area (Å²) in [5.74, 6) is 0.0474. The van der Waals surface area contributed by atoms with E-state index >= 15 is 0 Å². The fourth-order valence-corrected chi connectivity index (χ4v) is 3.64. The van der Waals surface area contributed by atoms with Crippen LogP contribution in [-0.2, 0) is 4.79 Å². The third kappa shape index (κ3) is 5.16. The summed E-state index contributed by atoms with van der Waals surface area (Å²) < 4.78 is 13.8. The first kappa shape index (κ1) is 19.5. The largest absolute Gasteiger partial charge is 0.351 e. The van der Waals surface area contributed by atoms with E-state index in [-0.39, 0.29) is 30.5 Å². The van der Waals surface area contributed by atoms with Gasteiger partial charge in [0.05, 0.1) is 11.6 Å². The molecule has 0 spiro atoms. The fraction of sp³-hybridized carbons (Fsp3) is 0.333. The first-order chi connectivity index (χ1) is 13.0. The highest BCUT2D eigenvalue weighted by Gasteiger charge is 2.40. The van der Waals surface area contributed by atoms with Gasteiger partial charge in [-0.3, -0.25) is 9.59 Å². The van der Waals surface area contributed by atoms with Crippen molar-refractivity contribution in [1.29, 1.82) is 0 Å². The highest BCUT2D eigenvalue weighted by molar-refractivity contribution is 9.10. The summed E-state index contributed by atoms with van der Waals surface area (Å²) in [7, 11) is 0. The van der Waals surface area contributed by atoms with Gasteiger partial charge in [0, 0.05) is 17.4 Å². The molecule has 2 amide bonds. The smallest absolute Gasteiger partial charge is 0.252 e. The molecule has 0 saturated heterocycles. The lowest BCUT2D eigenvalue weighted by Gasteiger charge is -2.19. The minimum Gasteiger partial charge on any atom is -0.351 e. The van der Waals surface area contributed by atoms with Crippen LogP contribution in [0.4, 0.5) is 4.39 Å². The molecule has 2 aromatic rings. The van der Waals surface area contributed by atoms with Crippen molar-refractivity contribution < 1.29 is 14.0 Å². The van der Waals surface area contributed by atoms with Crippen molar-refractivity contribution in [2.24, 2.45) is 11.8 Å². The Labute approximate surface area is 166 Å². The van der Waals surface area contributed by atoms with Gasteiger partial charge < -0.3 is 10.6 Å². The van der Waals surface area contributed by atoms with Gasteiger partial charge in [-0.25, -0.2) is 4.39 Å². The molecule has 4 nitrogen and oxygen atoms in total. The topological polar surface area (TPSA) is 58.2 Å². The van der Waals surface area contributed by atoms with Crippen LogP contribution in [-0.4, -0.2) is 18.4 Å². The first-order valence-corrected chi connectivity index (χ1v) is 9.82. The van der Waals surface area contributed by atoms with Gasteiger partial charge in [0.2, 0.25) is 5.91 Å². The SMILES string of the molecule is CC1CC1C(NC(=O)CCNC(=O)c1cc(F)ccc1Br)c1ccccc1. The van der Waals surface area contributed by atoms with Crippen LogP contribution in [0, 0.1) is 17.7 Å². The maximum Gasteiger partial charge on any atom is 0.252 e. The molecule has 142 valence electrons. The van der Waals surface area contributed by atoms with E-state index in [4.69, 9.17) is 0 Å². The number of carbonyl (C=O) groups excluding carboxylic acids is 2. The quantitative estimate of drug-likeness (QED) is 0.687. The van der Waals surface area contributed by atoms with Crippen LogP contribution in [0.1, 0.15) is 41.7 Å². The molecule has 2 aromatic carbocycles. The van der Waals surface area contributed by atoms with E-state index < -0.39 is 11.7 Å². The second-order valence-corrected chi connectivity index (χ2v) is 7.82. The molecule has 3 atom stereocenters. The average Bonchev–Trinajstić information content (AvgIpc) is 3.38. The van der Waals surface area contributed by atoms with Gasteiger partial charge in [0.25, 0.3) is 5.91 Å². The summed E-state index contributed by atoms with van der Waals surface area (Å²) in [6, 6.07) is 13.9. The number of rotatable bonds is 7. The number of halogens is 2. The van der Waals surface area contributed by atoms with Crippen molar-refractivity contribution in [2.45, 2.75) is 25.8 Å². The van der Waals surface area contributed by atoms with Gasteiger partial charge in [0.1, 0.15) is 5.82 Å². The molecule has 6 heteroatoms. The van der Waals surface area contributed by atoms with E-state index in [9.17, 15) is 14.0 Å². The molecule has 1 fully saturated rings. The Morgan fingerprint density at radius 2 is 1.93 bits per heavy atom. The molecule has 2 N–H and O–H groups in total. The van der Waals surface area contributed by atoms with E-state index in [0.717, 1.165) is 12.0 Å². The van der Waals surface area contributed by atoms with Gasteiger partial charge in [-0.05, 0) is 57.9 Å². The number of hydrogen-bond donors (Lipinski definition) is 2. The average molecular weight is 433 g/mol. The Morgan fingerprint density at radius 1 is 1.22 bits per heavy atom. The molecular formula is C21H22BrFN2O2. The molecular weight excluding hydrogens is 411 g/mol. The Hall–Kier alpha value is -2.21. The van der Waals surface area contributed by atoms with Crippen LogP contribution in [0.15, 0.2) is 53.0 Å². The molecule has 0 bridgehead atoms. The molecule has 0 heterocycles. The van der Waals surface area contributed by atoms with Crippen molar-refractivity contribution >= 4 is 27.7 Å². The Kier molecular flexibility index (Phi) is 6.26. The monoisotopic (exact) mass is 432 g/mol. The molecule has 0 aliphatic heterocycles. The predicted molar refractivity (Wildman–Crippen MR) is 106 cm³/mol. The number of hydrogen-bond acceptors (Lipinski definition) is 2. The number of nitrogens with one attached hydrogen (secondary N) is 2. The number of benzene rings is 2. The van der Waals surface area contributed by atoms with Crippen molar-refractivity contribution in [3.05, 3.63) is 69.9 Å². The van der Waals surface area contributed by atoms with Crippen molar-refractivity contribution in [1.82, 2.24) is 10.6 Å². The zero-order valence-electron chi connectivity index (χ0n) is 15.0. The summed E-state index contributed by atoms with van der Waals surface area (Å²) in [5.41, 5.74) is 1.32.